The third-order valence-corrected chi connectivity index (χ3v) is 6.24. The van der Waals surface area contributed by atoms with Gasteiger partial charge in [-0.25, -0.2) is 4.98 Å². The molecule has 4 rings (SSSR count). The summed E-state index contributed by atoms with van der Waals surface area (Å²) >= 11 is 5.94. The molecular formula is C20H25ClN6O3. The van der Waals surface area contributed by atoms with Crippen LogP contribution in [0.3, 0.4) is 0 Å². The van der Waals surface area contributed by atoms with E-state index in [1.807, 2.05) is 9.47 Å². The number of amides is 2. The molecule has 1 N–H and O–H groups in total. The van der Waals surface area contributed by atoms with Gasteiger partial charge in [-0.15, -0.1) is 10.2 Å². The first kappa shape index (κ1) is 20.7. The predicted molar refractivity (Wildman–Crippen MR) is 109 cm³/mol. The van der Waals surface area contributed by atoms with E-state index in [1.54, 1.807) is 25.3 Å². The van der Waals surface area contributed by atoms with Gasteiger partial charge in [-0.1, -0.05) is 17.7 Å². The van der Waals surface area contributed by atoms with Crippen molar-refractivity contribution in [3.05, 3.63) is 40.7 Å². The number of aromatic nitrogens is 4. The lowest BCUT2D eigenvalue weighted by Crippen LogP contribution is -2.33. The first-order valence-electron chi connectivity index (χ1n) is 10.1. The Balaban J connectivity index is 1.43. The van der Waals surface area contributed by atoms with Crippen molar-refractivity contribution < 1.29 is 14.3 Å². The predicted octanol–water partition coefficient (Wildman–Crippen LogP) is 1.57. The molecular weight excluding hydrogens is 408 g/mol. The van der Waals surface area contributed by atoms with Gasteiger partial charge in [0, 0.05) is 39.7 Å². The molecule has 2 aliphatic rings. The molecule has 0 saturated carbocycles. The van der Waals surface area contributed by atoms with Crippen molar-refractivity contribution in [2.75, 3.05) is 33.4 Å². The van der Waals surface area contributed by atoms with E-state index >= 15 is 0 Å². The fourth-order valence-corrected chi connectivity index (χ4v) is 4.49. The maximum absolute atomic E-state index is 12.9. The third kappa shape index (κ3) is 4.17. The van der Waals surface area contributed by atoms with Crippen LogP contribution >= 0.6 is 11.6 Å². The molecule has 1 atom stereocenters. The van der Waals surface area contributed by atoms with Crippen molar-refractivity contribution in [1.29, 1.82) is 0 Å². The minimum atomic E-state index is -0.239. The molecule has 30 heavy (non-hydrogen) atoms. The van der Waals surface area contributed by atoms with Gasteiger partial charge in [-0.3, -0.25) is 9.59 Å². The molecule has 0 aliphatic carbocycles. The monoisotopic (exact) mass is 432 g/mol. The highest BCUT2D eigenvalue weighted by Crippen LogP contribution is 2.41. The number of likely N-dealkylation sites (tertiary alicyclic amines) is 1. The fraction of sp³-hybridized carbons (Fsp3) is 0.550. The van der Waals surface area contributed by atoms with Crippen molar-refractivity contribution in [2.24, 2.45) is 5.41 Å². The molecule has 1 spiro atoms. The van der Waals surface area contributed by atoms with Gasteiger partial charge < -0.3 is 19.5 Å². The highest BCUT2D eigenvalue weighted by molar-refractivity contribution is 6.29. The van der Waals surface area contributed by atoms with Crippen molar-refractivity contribution in [3.8, 4) is 0 Å². The molecule has 2 aromatic heterocycles. The smallest absolute Gasteiger partial charge is 0.289 e. The van der Waals surface area contributed by atoms with Gasteiger partial charge in [-0.2, -0.15) is 0 Å². The molecule has 4 heterocycles. The summed E-state index contributed by atoms with van der Waals surface area (Å²) in [5.41, 5.74) is 0.388. The summed E-state index contributed by atoms with van der Waals surface area (Å²) in [5.74, 6) is 0.838. The van der Waals surface area contributed by atoms with Crippen molar-refractivity contribution >= 4 is 23.4 Å². The summed E-state index contributed by atoms with van der Waals surface area (Å²) in [4.78, 5) is 31.3. The molecule has 0 aromatic carbocycles. The minimum absolute atomic E-state index is 0.0126. The average Bonchev–Trinajstić information content (AvgIpc) is 3.30. The zero-order chi connectivity index (χ0) is 21.1. The van der Waals surface area contributed by atoms with Crippen molar-refractivity contribution in [2.45, 2.75) is 32.2 Å². The van der Waals surface area contributed by atoms with Gasteiger partial charge in [0.05, 0.1) is 6.61 Å². The third-order valence-electron chi connectivity index (χ3n) is 6.03. The Morgan fingerprint density at radius 3 is 2.87 bits per heavy atom. The van der Waals surface area contributed by atoms with Gasteiger partial charge in [-0.05, 0) is 36.8 Å². The molecule has 2 aromatic rings. The number of hydrogen-bond donors (Lipinski definition) is 1. The fourth-order valence-electron chi connectivity index (χ4n) is 4.33. The van der Waals surface area contributed by atoms with Crippen LogP contribution in [-0.2, 0) is 17.7 Å². The van der Waals surface area contributed by atoms with E-state index in [2.05, 4.69) is 20.5 Å². The number of ether oxygens (including phenoxy) is 1. The lowest BCUT2D eigenvalue weighted by molar-refractivity contribution is 0.0761. The number of carbonyl (C=O) groups is 2. The van der Waals surface area contributed by atoms with Gasteiger partial charge in [0.2, 0.25) is 5.82 Å². The van der Waals surface area contributed by atoms with Crippen LogP contribution in [-0.4, -0.2) is 69.8 Å². The summed E-state index contributed by atoms with van der Waals surface area (Å²) in [6.45, 7) is 2.90. The molecule has 0 bridgehead atoms. The maximum Gasteiger partial charge on any atom is 0.289 e. The molecule has 1 saturated heterocycles. The number of carbonyl (C=O) groups excluding carboxylic acids is 2. The Labute approximate surface area is 179 Å². The molecule has 1 fully saturated rings. The van der Waals surface area contributed by atoms with E-state index in [0.717, 1.165) is 31.5 Å². The highest BCUT2D eigenvalue weighted by Gasteiger charge is 2.42. The second kappa shape index (κ2) is 8.69. The zero-order valence-corrected chi connectivity index (χ0v) is 17.7. The molecule has 10 heteroatoms. The van der Waals surface area contributed by atoms with Gasteiger partial charge in [0.25, 0.3) is 11.8 Å². The number of nitrogens with one attached hydrogen (secondary N) is 1. The largest absolute Gasteiger partial charge is 0.383 e. The van der Waals surface area contributed by atoms with E-state index in [9.17, 15) is 9.59 Å². The van der Waals surface area contributed by atoms with Gasteiger partial charge >= 0.3 is 0 Å². The molecule has 2 amide bonds. The topological polar surface area (TPSA) is 102 Å². The first-order chi connectivity index (χ1) is 14.5. The summed E-state index contributed by atoms with van der Waals surface area (Å²) in [7, 11) is 1.59. The van der Waals surface area contributed by atoms with Crippen LogP contribution in [0.25, 0.3) is 0 Å². The Morgan fingerprint density at radius 2 is 2.07 bits per heavy atom. The first-order valence-corrected chi connectivity index (χ1v) is 10.5. The highest BCUT2D eigenvalue weighted by atomic mass is 35.5. The second-order valence-corrected chi connectivity index (χ2v) is 8.30. The van der Waals surface area contributed by atoms with Crippen LogP contribution < -0.4 is 5.32 Å². The van der Waals surface area contributed by atoms with Crippen LogP contribution in [0.5, 0.6) is 0 Å². The number of hydrogen-bond acceptors (Lipinski definition) is 6. The average molecular weight is 433 g/mol. The van der Waals surface area contributed by atoms with Gasteiger partial charge in [0.1, 0.15) is 16.7 Å². The number of nitrogens with zero attached hydrogens (tertiary/aromatic N) is 5. The number of methoxy groups -OCH3 is 1. The van der Waals surface area contributed by atoms with E-state index in [1.165, 1.54) is 0 Å². The van der Waals surface area contributed by atoms with Crippen LogP contribution in [0.4, 0.5) is 0 Å². The van der Waals surface area contributed by atoms with Gasteiger partial charge in [0.15, 0.2) is 0 Å². The normalized spacial score (nSPS) is 20.8. The summed E-state index contributed by atoms with van der Waals surface area (Å²) in [6.07, 6.45) is 3.43. The number of fused-ring (bicyclic) bond motifs is 1. The number of pyridine rings is 1. The number of aryl methyl sites for hydroxylation is 1. The zero-order valence-electron chi connectivity index (χ0n) is 16.9. The second-order valence-electron chi connectivity index (χ2n) is 7.91. The Bertz CT molecular complexity index is 948. The minimum Gasteiger partial charge on any atom is -0.383 e. The summed E-state index contributed by atoms with van der Waals surface area (Å²) in [5, 5.41) is 11.5. The van der Waals surface area contributed by atoms with E-state index in [-0.39, 0.29) is 17.2 Å². The molecule has 9 nitrogen and oxygen atoms in total. The van der Waals surface area contributed by atoms with E-state index in [4.69, 9.17) is 16.3 Å². The van der Waals surface area contributed by atoms with Crippen molar-refractivity contribution in [1.82, 2.24) is 30.0 Å². The lowest BCUT2D eigenvalue weighted by atomic mass is 9.80. The Hall–Kier alpha value is -2.52. The van der Waals surface area contributed by atoms with Crippen LogP contribution in [0.2, 0.25) is 5.15 Å². The van der Waals surface area contributed by atoms with Crippen LogP contribution in [0.15, 0.2) is 18.2 Å². The van der Waals surface area contributed by atoms with Crippen LogP contribution in [0.1, 0.15) is 46.2 Å². The molecule has 0 radical (unpaired) electrons. The maximum atomic E-state index is 12.9. The molecule has 160 valence electrons. The lowest BCUT2D eigenvalue weighted by Gasteiger charge is -2.27. The van der Waals surface area contributed by atoms with Crippen LogP contribution in [0, 0.1) is 5.41 Å². The number of rotatable bonds is 5. The quantitative estimate of drug-likeness (QED) is 0.568. The summed E-state index contributed by atoms with van der Waals surface area (Å²) in [6, 6.07) is 5.10. The Morgan fingerprint density at radius 1 is 1.23 bits per heavy atom. The summed E-state index contributed by atoms with van der Waals surface area (Å²) < 4.78 is 6.89. The molecule has 2 aliphatic heterocycles. The SMILES string of the molecule is COCCNC(=O)c1nnc2n1CCC1(CC2)CCN(C(=O)c2cccc(Cl)n2)C1. The Kier molecular flexibility index (Phi) is 6.01. The number of halogens is 1. The molecule has 1 unspecified atom stereocenters. The van der Waals surface area contributed by atoms with E-state index in [0.29, 0.717) is 49.5 Å². The van der Waals surface area contributed by atoms with E-state index < -0.39 is 0 Å². The standard InChI is InChI=1S/C20H25ClN6O3/c1-30-12-9-22-18(28)17-25-24-16-5-6-20(8-11-27(16)17)7-10-26(13-20)19(29)14-3-2-4-15(21)23-14/h2-4H,5-13H2,1H3,(H,22,28). The van der Waals surface area contributed by atoms with Crippen molar-refractivity contribution in [3.63, 3.8) is 0 Å².